The van der Waals surface area contributed by atoms with E-state index in [1.54, 1.807) is 0 Å². The van der Waals surface area contributed by atoms with Crippen LogP contribution in [0.4, 0.5) is 0 Å². The summed E-state index contributed by atoms with van der Waals surface area (Å²) < 4.78 is 9.60. The van der Waals surface area contributed by atoms with E-state index in [4.69, 9.17) is 15.0 Å². The zero-order chi connectivity index (χ0) is 41.9. The summed E-state index contributed by atoms with van der Waals surface area (Å²) in [5.74, 6) is 1.81. The standard InChI is InChI=1S/C57H34N6S/c1-3-15-35(16-4-1)55-58-56(36-27-32-52-46(33-36)42-22-10-14-26-51(42)64-52)60-57(59-55)63-49-25-13-9-21-41(49)43-29-30-44-45-34-38(61-47-23-11-7-19-39(47)40-20-8-12-24-48(40)61)28-31-50(45)62(53(44)54(43)63)37-17-5-2-6-18-37/h1-34H. The number of benzene rings is 9. The molecule has 0 saturated heterocycles. The smallest absolute Gasteiger partial charge is 0.238 e. The van der Waals surface area contributed by atoms with Gasteiger partial charge in [0.05, 0.1) is 33.1 Å². The second-order valence-electron chi connectivity index (χ2n) is 16.4. The van der Waals surface area contributed by atoms with Crippen molar-refractivity contribution in [1.29, 1.82) is 0 Å². The molecule has 14 aromatic rings. The molecule has 0 aliphatic rings. The molecule has 14 rings (SSSR count). The van der Waals surface area contributed by atoms with Gasteiger partial charge in [-0.25, -0.2) is 4.98 Å². The van der Waals surface area contributed by atoms with Crippen LogP contribution in [0.25, 0.3) is 126 Å². The van der Waals surface area contributed by atoms with E-state index >= 15 is 0 Å². The average Bonchev–Trinajstić information content (AvgIpc) is 4.10. The highest BCUT2D eigenvalue weighted by molar-refractivity contribution is 7.25. The van der Waals surface area contributed by atoms with E-state index in [-0.39, 0.29) is 0 Å². The zero-order valence-corrected chi connectivity index (χ0v) is 35.0. The number of hydrogen-bond acceptors (Lipinski definition) is 4. The molecule has 0 unspecified atom stereocenters. The van der Waals surface area contributed by atoms with Gasteiger partial charge in [0.2, 0.25) is 5.95 Å². The maximum atomic E-state index is 5.44. The van der Waals surface area contributed by atoms with Gasteiger partial charge in [0.15, 0.2) is 11.6 Å². The van der Waals surface area contributed by atoms with E-state index < -0.39 is 0 Å². The molecule has 5 aromatic heterocycles. The van der Waals surface area contributed by atoms with Crippen molar-refractivity contribution in [2.24, 2.45) is 0 Å². The summed E-state index contributed by atoms with van der Waals surface area (Å²) in [4.78, 5) is 16.0. The van der Waals surface area contributed by atoms with E-state index in [0.717, 1.165) is 66.1 Å². The molecule has 9 aromatic carbocycles. The third-order valence-corrected chi connectivity index (χ3v) is 14.0. The van der Waals surface area contributed by atoms with Crippen LogP contribution in [0.5, 0.6) is 0 Å². The Labute approximate surface area is 370 Å². The molecule has 0 fully saturated rings. The Morgan fingerprint density at radius 2 is 0.828 bits per heavy atom. The summed E-state index contributed by atoms with van der Waals surface area (Å²) in [5, 5.41) is 9.48. The SMILES string of the molecule is c1ccc(-c2nc(-c3ccc4sc5ccccc5c4c3)nc(-n3c4ccccc4c4ccc5c6cc(-n7c8ccccc8c8ccccc87)ccc6n(-c6ccccc6)c5c43)n2)cc1. The van der Waals surface area contributed by atoms with Crippen LogP contribution in [0.15, 0.2) is 206 Å². The Hall–Kier alpha value is -8.39. The molecule has 5 heterocycles. The largest absolute Gasteiger partial charge is 0.309 e. The molecule has 0 spiro atoms. The molecule has 0 atom stereocenters. The lowest BCUT2D eigenvalue weighted by molar-refractivity contribution is 0.953. The summed E-state index contributed by atoms with van der Waals surface area (Å²) in [6.45, 7) is 0. The molecule has 0 saturated carbocycles. The van der Waals surface area contributed by atoms with Crippen LogP contribution in [-0.2, 0) is 0 Å². The molecule has 0 aliphatic heterocycles. The van der Waals surface area contributed by atoms with Crippen LogP contribution < -0.4 is 0 Å². The van der Waals surface area contributed by atoms with Gasteiger partial charge in [-0.2, -0.15) is 9.97 Å². The first-order chi connectivity index (χ1) is 31.7. The van der Waals surface area contributed by atoms with E-state index in [1.807, 2.05) is 29.5 Å². The predicted octanol–water partition coefficient (Wildman–Crippen LogP) is 14.9. The van der Waals surface area contributed by atoms with Gasteiger partial charge in [0.25, 0.3) is 0 Å². The topological polar surface area (TPSA) is 53.5 Å². The van der Waals surface area contributed by atoms with Gasteiger partial charge in [0.1, 0.15) is 0 Å². The van der Waals surface area contributed by atoms with Gasteiger partial charge in [-0.15, -0.1) is 11.3 Å². The number of hydrogen-bond donors (Lipinski definition) is 0. The Balaban J connectivity index is 1.10. The van der Waals surface area contributed by atoms with Gasteiger partial charge < -0.3 is 9.13 Å². The van der Waals surface area contributed by atoms with Crippen LogP contribution in [0.3, 0.4) is 0 Å². The number of nitrogens with zero attached hydrogens (tertiary/aromatic N) is 6. The summed E-state index contributed by atoms with van der Waals surface area (Å²) >= 11 is 1.81. The van der Waals surface area contributed by atoms with Crippen molar-refractivity contribution >= 4 is 96.9 Å². The number of aromatic nitrogens is 6. The van der Waals surface area contributed by atoms with Gasteiger partial charge in [-0.1, -0.05) is 133 Å². The van der Waals surface area contributed by atoms with Crippen LogP contribution >= 0.6 is 11.3 Å². The Kier molecular flexibility index (Phi) is 7.46. The molecule has 7 heteroatoms. The Bertz CT molecular complexity index is 4140. The number of fused-ring (bicyclic) bond motifs is 13. The highest BCUT2D eigenvalue weighted by atomic mass is 32.1. The van der Waals surface area contributed by atoms with Crippen molar-refractivity contribution in [1.82, 2.24) is 28.7 Å². The first-order valence-electron chi connectivity index (χ1n) is 21.5. The second-order valence-corrected chi connectivity index (χ2v) is 17.5. The number of para-hydroxylation sites is 4. The maximum Gasteiger partial charge on any atom is 0.238 e. The minimum atomic E-state index is 0.564. The lowest BCUT2D eigenvalue weighted by Crippen LogP contribution is -2.07. The van der Waals surface area contributed by atoms with E-state index in [9.17, 15) is 0 Å². The molecule has 298 valence electrons. The first kappa shape index (κ1) is 35.2. The number of rotatable bonds is 5. The fourth-order valence-corrected chi connectivity index (χ4v) is 11.2. The van der Waals surface area contributed by atoms with Crippen molar-refractivity contribution in [3.8, 4) is 40.1 Å². The van der Waals surface area contributed by atoms with Crippen LogP contribution in [0.1, 0.15) is 0 Å². The van der Waals surface area contributed by atoms with Crippen molar-refractivity contribution in [3.63, 3.8) is 0 Å². The van der Waals surface area contributed by atoms with E-state index in [2.05, 4.69) is 202 Å². The summed E-state index contributed by atoms with van der Waals surface area (Å²) in [5.41, 5.74) is 10.7. The minimum absolute atomic E-state index is 0.564. The van der Waals surface area contributed by atoms with Gasteiger partial charge >= 0.3 is 0 Å². The molecule has 0 aliphatic carbocycles. The lowest BCUT2D eigenvalue weighted by atomic mass is 10.1. The van der Waals surface area contributed by atoms with Crippen LogP contribution in [-0.4, -0.2) is 28.7 Å². The van der Waals surface area contributed by atoms with Gasteiger partial charge in [-0.3, -0.25) is 4.57 Å². The third-order valence-electron chi connectivity index (χ3n) is 12.9. The fourth-order valence-electron chi connectivity index (χ4n) is 10.1. The third kappa shape index (κ3) is 5.10. The molecule has 64 heavy (non-hydrogen) atoms. The van der Waals surface area contributed by atoms with Crippen molar-refractivity contribution in [2.75, 3.05) is 0 Å². The van der Waals surface area contributed by atoms with E-state index in [0.29, 0.717) is 17.6 Å². The molecular formula is C57H34N6S. The Morgan fingerprint density at radius 1 is 0.297 bits per heavy atom. The van der Waals surface area contributed by atoms with Crippen molar-refractivity contribution in [2.45, 2.75) is 0 Å². The summed E-state index contributed by atoms with van der Waals surface area (Å²) in [6, 6.07) is 73.7. The molecular weight excluding hydrogens is 801 g/mol. The van der Waals surface area contributed by atoms with E-state index in [1.165, 1.54) is 42.0 Å². The first-order valence-corrected chi connectivity index (χ1v) is 22.3. The van der Waals surface area contributed by atoms with Gasteiger partial charge in [-0.05, 0) is 72.8 Å². The zero-order valence-electron chi connectivity index (χ0n) is 34.2. The fraction of sp³-hybridized carbons (Fsp3) is 0. The van der Waals surface area contributed by atoms with Gasteiger partial charge in [0, 0.05) is 75.0 Å². The molecule has 0 N–H and O–H groups in total. The molecule has 0 amide bonds. The van der Waals surface area contributed by atoms with Crippen molar-refractivity contribution in [3.05, 3.63) is 206 Å². The predicted molar refractivity (Wildman–Crippen MR) is 267 cm³/mol. The molecule has 0 radical (unpaired) electrons. The number of thiophene rings is 1. The average molecular weight is 835 g/mol. The highest BCUT2D eigenvalue weighted by Crippen LogP contribution is 2.43. The quantitative estimate of drug-likeness (QED) is 0.174. The summed E-state index contributed by atoms with van der Waals surface area (Å²) in [7, 11) is 0. The highest BCUT2D eigenvalue weighted by Gasteiger charge is 2.24. The minimum Gasteiger partial charge on any atom is -0.309 e. The molecule has 6 nitrogen and oxygen atoms in total. The lowest BCUT2D eigenvalue weighted by Gasteiger charge is -2.13. The summed E-state index contributed by atoms with van der Waals surface area (Å²) in [6.07, 6.45) is 0. The van der Waals surface area contributed by atoms with Crippen LogP contribution in [0, 0.1) is 0 Å². The van der Waals surface area contributed by atoms with Crippen LogP contribution in [0.2, 0.25) is 0 Å². The Morgan fingerprint density at radius 3 is 1.55 bits per heavy atom. The second kappa shape index (κ2) is 13.6. The normalized spacial score (nSPS) is 12.1. The van der Waals surface area contributed by atoms with Crippen molar-refractivity contribution < 1.29 is 0 Å². The molecule has 0 bridgehead atoms. The monoisotopic (exact) mass is 834 g/mol. The maximum absolute atomic E-state index is 5.44.